The molecule has 2 aromatic rings. The molecule has 0 saturated heterocycles. The van der Waals surface area contributed by atoms with Crippen molar-refractivity contribution in [1.82, 2.24) is 0 Å². The van der Waals surface area contributed by atoms with Gasteiger partial charge in [0.2, 0.25) is 0 Å². The highest BCUT2D eigenvalue weighted by molar-refractivity contribution is 7.08. The summed E-state index contributed by atoms with van der Waals surface area (Å²) in [6.07, 6.45) is 0. The van der Waals surface area contributed by atoms with Crippen molar-refractivity contribution < 1.29 is 0 Å². The van der Waals surface area contributed by atoms with Crippen LogP contribution in [0.25, 0.3) is 11.1 Å². The smallest absolute Gasteiger partial charge is 0.0502 e. The summed E-state index contributed by atoms with van der Waals surface area (Å²) in [5, 5.41) is 4.03. The first-order valence-electron chi connectivity index (χ1n) is 3.75. The predicted octanol–water partition coefficient (Wildman–Crippen LogP) is 3.00. The summed E-state index contributed by atoms with van der Waals surface area (Å²) in [4.78, 5) is 0. The van der Waals surface area contributed by atoms with Crippen molar-refractivity contribution in [2.24, 2.45) is 0 Å². The van der Waals surface area contributed by atoms with Gasteiger partial charge in [-0.3, -0.25) is 0 Å². The Morgan fingerprint density at radius 2 is 1.75 bits per heavy atom. The Balaban J connectivity index is 2.51. The first kappa shape index (κ1) is 7.37. The van der Waals surface area contributed by atoms with E-state index in [4.69, 9.17) is 5.73 Å². The van der Waals surface area contributed by atoms with Crippen LogP contribution in [0.3, 0.4) is 0 Å². The molecular formula is C10H9NS. The Labute approximate surface area is 75.5 Å². The van der Waals surface area contributed by atoms with Crippen LogP contribution < -0.4 is 5.73 Å². The molecule has 1 heterocycles. The summed E-state index contributed by atoms with van der Waals surface area (Å²) in [5.74, 6) is 0. The zero-order valence-electron chi connectivity index (χ0n) is 6.53. The van der Waals surface area contributed by atoms with Crippen molar-refractivity contribution in [1.29, 1.82) is 0 Å². The highest BCUT2D eigenvalue weighted by Crippen LogP contribution is 2.28. The minimum Gasteiger partial charge on any atom is -0.398 e. The number of nitrogens with two attached hydrogens (primary N) is 1. The number of benzene rings is 1. The quantitative estimate of drug-likeness (QED) is 0.708. The maximum atomic E-state index is 5.78. The Morgan fingerprint density at radius 1 is 1.00 bits per heavy atom. The van der Waals surface area contributed by atoms with E-state index in [1.54, 1.807) is 11.3 Å². The number of thiophene rings is 1. The SMILES string of the molecule is Nc1cscc1-c1ccccc1. The molecule has 0 spiro atoms. The molecule has 2 rings (SSSR count). The standard InChI is InChI=1S/C10H9NS/c11-10-7-12-6-9(10)8-4-2-1-3-5-8/h1-7H,11H2. The maximum absolute atomic E-state index is 5.78. The third-order valence-corrected chi connectivity index (χ3v) is 2.54. The molecule has 0 aliphatic rings. The van der Waals surface area contributed by atoms with E-state index in [1.165, 1.54) is 5.56 Å². The maximum Gasteiger partial charge on any atom is 0.0502 e. The second-order valence-electron chi connectivity index (χ2n) is 2.61. The summed E-state index contributed by atoms with van der Waals surface area (Å²) in [7, 11) is 0. The average molecular weight is 175 g/mol. The van der Waals surface area contributed by atoms with E-state index in [9.17, 15) is 0 Å². The van der Waals surface area contributed by atoms with Gasteiger partial charge in [-0.1, -0.05) is 30.3 Å². The molecule has 0 fully saturated rings. The van der Waals surface area contributed by atoms with Crippen LogP contribution in [0.2, 0.25) is 0 Å². The predicted molar refractivity (Wildman–Crippen MR) is 54.2 cm³/mol. The number of nitrogen functional groups attached to an aromatic ring is 1. The molecule has 0 radical (unpaired) electrons. The molecule has 0 aliphatic carbocycles. The van der Waals surface area contributed by atoms with Gasteiger partial charge in [0.15, 0.2) is 0 Å². The fourth-order valence-electron chi connectivity index (χ4n) is 1.16. The van der Waals surface area contributed by atoms with E-state index < -0.39 is 0 Å². The van der Waals surface area contributed by atoms with Crippen molar-refractivity contribution in [3.05, 3.63) is 41.1 Å². The third-order valence-electron chi connectivity index (χ3n) is 1.78. The molecule has 0 amide bonds. The molecule has 12 heavy (non-hydrogen) atoms. The van der Waals surface area contributed by atoms with Gasteiger partial charge in [0.25, 0.3) is 0 Å². The molecular weight excluding hydrogens is 166 g/mol. The van der Waals surface area contributed by atoms with E-state index in [1.807, 2.05) is 23.6 Å². The van der Waals surface area contributed by atoms with Gasteiger partial charge in [-0.2, -0.15) is 0 Å². The molecule has 0 atom stereocenters. The first-order chi connectivity index (χ1) is 5.88. The molecule has 0 saturated carbocycles. The van der Waals surface area contributed by atoms with Gasteiger partial charge in [-0.05, 0) is 5.56 Å². The van der Waals surface area contributed by atoms with Crippen LogP contribution in [-0.2, 0) is 0 Å². The summed E-state index contributed by atoms with van der Waals surface area (Å²) >= 11 is 1.64. The highest BCUT2D eigenvalue weighted by Gasteiger charge is 2.00. The molecule has 2 N–H and O–H groups in total. The van der Waals surface area contributed by atoms with Gasteiger partial charge in [0, 0.05) is 16.3 Å². The van der Waals surface area contributed by atoms with Crippen molar-refractivity contribution in [2.45, 2.75) is 0 Å². The molecule has 2 heteroatoms. The number of hydrogen-bond donors (Lipinski definition) is 1. The number of hydrogen-bond acceptors (Lipinski definition) is 2. The van der Waals surface area contributed by atoms with Crippen LogP contribution in [0.4, 0.5) is 5.69 Å². The van der Waals surface area contributed by atoms with E-state index in [0.717, 1.165) is 11.3 Å². The molecule has 60 valence electrons. The molecule has 0 aliphatic heterocycles. The summed E-state index contributed by atoms with van der Waals surface area (Å²) in [6, 6.07) is 10.2. The first-order valence-corrected chi connectivity index (χ1v) is 4.69. The normalized spacial score (nSPS) is 10.0. The lowest BCUT2D eigenvalue weighted by molar-refractivity contribution is 1.67. The van der Waals surface area contributed by atoms with E-state index in [-0.39, 0.29) is 0 Å². The van der Waals surface area contributed by atoms with Crippen molar-refractivity contribution in [3.8, 4) is 11.1 Å². The average Bonchev–Trinajstić information content (AvgIpc) is 2.53. The van der Waals surface area contributed by atoms with Crippen LogP contribution in [0.15, 0.2) is 41.1 Å². The lowest BCUT2D eigenvalue weighted by atomic mass is 10.1. The van der Waals surface area contributed by atoms with Crippen LogP contribution in [0.5, 0.6) is 0 Å². The summed E-state index contributed by atoms with van der Waals surface area (Å²) in [6.45, 7) is 0. The third kappa shape index (κ3) is 1.21. The Kier molecular flexibility index (Phi) is 1.84. The second kappa shape index (κ2) is 2.99. The van der Waals surface area contributed by atoms with Gasteiger partial charge in [-0.15, -0.1) is 11.3 Å². The van der Waals surface area contributed by atoms with Crippen molar-refractivity contribution in [2.75, 3.05) is 5.73 Å². The van der Waals surface area contributed by atoms with Crippen molar-refractivity contribution in [3.63, 3.8) is 0 Å². The Morgan fingerprint density at radius 3 is 2.33 bits per heavy atom. The largest absolute Gasteiger partial charge is 0.398 e. The Bertz CT molecular complexity index is 364. The highest BCUT2D eigenvalue weighted by atomic mass is 32.1. The molecule has 1 nitrogen and oxygen atoms in total. The van der Waals surface area contributed by atoms with E-state index in [0.29, 0.717) is 0 Å². The molecule has 1 aromatic heterocycles. The fourth-order valence-corrected chi connectivity index (χ4v) is 1.91. The monoisotopic (exact) mass is 175 g/mol. The molecule has 0 unspecified atom stereocenters. The van der Waals surface area contributed by atoms with E-state index >= 15 is 0 Å². The summed E-state index contributed by atoms with van der Waals surface area (Å²) in [5.41, 5.74) is 8.98. The van der Waals surface area contributed by atoms with Crippen LogP contribution >= 0.6 is 11.3 Å². The van der Waals surface area contributed by atoms with Crippen LogP contribution in [0.1, 0.15) is 0 Å². The van der Waals surface area contributed by atoms with Gasteiger partial charge < -0.3 is 5.73 Å². The van der Waals surface area contributed by atoms with E-state index in [2.05, 4.69) is 17.5 Å². The lowest BCUT2D eigenvalue weighted by Gasteiger charge is -1.97. The minimum absolute atomic E-state index is 0.867. The number of rotatable bonds is 1. The van der Waals surface area contributed by atoms with Gasteiger partial charge in [-0.25, -0.2) is 0 Å². The summed E-state index contributed by atoms with van der Waals surface area (Å²) < 4.78 is 0. The lowest BCUT2D eigenvalue weighted by Crippen LogP contribution is -1.83. The van der Waals surface area contributed by atoms with Crippen LogP contribution in [0, 0.1) is 0 Å². The van der Waals surface area contributed by atoms with Crippen molar-refractivity contribution >= 4 is 17.0 Å². The number of anilines is 1. The molecule has 1 aromatic carbocycles. The van der Waals surface area contributed by atoms with Crippen LogP contribution in [-0.4, -0.2) is 0 Å². The van der Waals surface area contributed by atoms with Gasteiger partial charge in [0.05, 0.1) is 5.69 Å². The fraction of sp³-hybridized carbons (Fsp3) is 0. The Hall–Kier alpha value is -1.28. The van der Waals surface area contributed by atoms with Gasteiger partial charge >= 0.3 is 0 Å². The zero-order valence-corrected chi connectivity index (χ0v) is 7.34. The topological polar surface area (TPSA) is 26.0 Å². The minimum atomic E-state index is 0.867. The van der Waals surface area contributed by atoms with Gasteiger partial charge in [0.1, 0.15) is 0 Å². The zero-order chi connectivity index (χ0) is 8.39. The molecule has 0 bridgehead atoms. The second-order valence-corrected chi connectivity index (χ2v) is 3.35.